The van der Waals surface area contributed by atoms with Gasteiger partial charge in [-0.3, -0.25) is 0 Å². The largest absolute Gasteiger partial charge is 0.497 e. The van der Waals surface area contributed by atoms with E-state index in [2.05, 4.69) is 47.6 Å². The SMILES string of the molecule is COc1ccc(NC(=O)N2CCc3c([nH]c4ccc(OC)cc34)C2c2ccc(C)cc2)cc1. The lowest BCUT2D eigenvalue weighted by molar-refractivity contribution is 0.193. The number of ether oxygens (including phenoxy) is 2. The van der Waals surface area contributed by atoms with Gasteiger partial charge in [0, 0.05) is 28.8 Å². The number of hydrogen-bond donors (Lipinski definition) is 2. The van der Waals surface area contributed by atoms with E-state index in [1.807, 2.05) is 41.3 Å². The summed E-state index contributed by atoms with van der Waals surface area (Å²) in [6, 6.07) is 21.5. The van der Waals surface area contributed by atoms with Gasteiger partial charge in [0.25, 0.3) is 0 Å². The maximum atomic E-state index is 13.4. The first-order valence-corrected chi connectivity index (χ1v) is 11.0. The van der Waals surface area contributed by atoms with Crippen molar-refractivity contribution < 1.29 is 14.3 Å². The summed E-state index contributed by atoms with van der Waals surface area (Å²) in [5.41, 5.74) is 6.34. The zero-order valence-corrected chi connectivity index (χ0v) is 19.0. The molecule has 0 saturated heterocycles. The molecule has 0 saturated carbocycles. The van der Waals surface area contributed by atoms with E-state index < -0.39 is 0 Å². The van der Waals surface area contributed by atoms with Gasteiger partial charge in [0.05, 0.1) is 20.3 Å². The Balaban J connectivity index is 1.55. The quantitative estimate of drug-likeness (QED) is 0.429. The maximum absolute atomic E-state index is 13.4. The highest BCUT2D eigenvalue weighted by Crippen LogP contribution is 2.39. The molecule has 6 nitrogen and oxygen atoms in total. The van der Waals surface area contributed by atoms with E-state index in [0.717, 1.165) is 45.8 Å². The Kier molecular flexibility index (Phi) is 5.42. The third-order valence-electron chi connectivity index (χ3n) is 6.33. The number of rotatable bonds is 4. The van der Waals surface area contributed by atoms with Gasteiger partial charge < -0.3 is 24.7 Å². The normalized spacial score (nSPS) is 15.2. The molecule has 5 rings (SSSR count). The molecule has 1 unspecified atom stereocenters. The van der Waals surface area contributed by atoms with Crippen LogP contribution in [0, 0.1) is 6.92 Å². The van der Waals surface area contributed by atoms with Crippen molar-refractivity contribution in [2.45, 2.75) is 19.4 Å². The summed E-state index contributed by atoms with van der Waals surface area (Å²) in [4.78, 5) is 19.0. The van der Waals surface area contributed by atoms with Crippen LogP contribution in [0.5, 0.6) is 11.5 Å². The van der Waals surface area contributed by atoms with Crippen LogP contribution >= 0.6 is 0 Å². The number of nitrogens with one attached hydrogen (secondary N) is 2. The van der Waals surface area contributed by atoms with Crippen molar-refractivity contribution >= 4 is 22.6 Å². The van der Waals surface area contributed by atoms with Gasteiger partial charge in [0.1, 0.15) is 11.5 Å². The molecule has 3 aromatic carbocycles. The highest BCUT2D eigenvalue weighted by Gasteiger charge is 2.34. The number of aromatic nitrogens is 1. The number of carbonyl (C=O) groups excluding carboxylic acids is 1. The van der Waals surface area contributed by atoms with E-state index in [1.54, 1.807) is 14.2 Å². The Morgan fingerprint density at radius 1 is 0.970 bits per heavy atom. The second-order valence-electron chi connectivity index (χ2n) is 8.34. The smallest absolute Gasteiger partial charge is 0.322 e. The van der Waals surface area contributed by atoms with E-state index in [-0.39, 0.29) is 12.1 Å². The minimum Gasteiger partial charge on any atom is -0.497 e. The van der Waals surface area contributed by atoms with Gasteiger partial charge in [-0.05, 0) is 66.9 Å². The molecule has 6 heteroatoms. The number of aryl methyl sites for hydroxylation is 1. The van der Waals surface area contributed by atoms with Gasteiger partial charge >= 0.3 is 6.03 Å². The Morgan fingerprint density at radius 3 is 2.36 bits per heavy atom. The van der Waals surface area contributed by atoms with Crippen LogP contribution in [0.15, 0.2) is 66.7 Å². The average Bonchev–Trinajstić information content (AvgIpc) is 3.22. The second kappa shape index (κ2) is 8.54. The molecular weight excluding hydrogens is 414 g/mol. The number of hydrogen-bond acceptors (Lipinski definition) is 3. The summed E-state index contributed by atoms with van der Waals surface area (Å²) >= 11 is 0. The predicted octanol–water partition coefficient (Wildman–Crippen LogP) is 5.67. The fourth-order valence-electron chi connectivity index (χ4n) is 4.58. The van der Waals surface area contributed by atoms with Crippen molar-refractivity contribution in [2.24, 2.45) is 0 Å². The molecule has 168 valence electrons. The summed E-state index contributed by atoms with van der Waals surface area (Å²) in [5.74, 6) is 1.58. The summed E-state index contributed by atoms with van der Waals surface area (Å²) < 4.78 is 10.7. The molecule has 1 aromatic heterocycles. The van der Waals surface area contributed by atoms with Gasteiger partial charge in [-0.1, -0.05) is 29.8 Å². The van der Waals surface area contributed by atoms with Crippen molar-refractivity contribution in [3.63, 3.8) is 0 Å². The number of carbonyl (C=O) groups is 1. The fraction of sp³-hybridized carbons (Fsp3) is 0.222. The molecule has 0 spiro atoms. The Hall–Kier alpha value is -3.93. The van der Waals surface area contributed by atoms with Gasteiger partial charge in [0.2, 0.25) is 0 Å². The minimum atomic E-state index is -0.217. The highest BCUT2D eigenvalue weighted by atomic mass is 16.5. The number of urea groups is 1. The number of amides is 2. The Morgan fingerprint density at radius 2 is 1.67 bits per heavy atom. The Bertz CT molecular complexity index is 1290. The second-order valence-corrected chi connectivity index (χ2v) is 8.34. The average molecular weight is 442 g/mol. The third-order valence-corrected chi connectivity index (χ3v) is 6.33. The van der Waals surface area contributed by atoms with Crippen molar-refractivity contribution in [3.8, 4) is 11.5 Å². The van der Waals surface area contributed by atoms with E-state index in [4.69, 9.17) is 9.47 Å². The van der Waals surface area contributed by atoms with Gasteiger partial charge in [-0.25, -0.2) is 4.79 Å². The number of benzene rings is 3. The molecule has 1 aliphatic rings. The summed E-state index contributed by atoms with van der Waals surface area (Å²) in [6.07, 6.45) is 0.765. The first kappa shape index (κ1) is 20.9. The van der Waals surface area contributed by atoms with Crippen molar-refractivity contribution in [3.05, 3.63) is 89.1 Å². The van der Waals surface area contributed by atoms with Crippen LogP contribution in [0.1, 0.15) is 28.4 Å². The Labute approximate surface area is 193 Å². The van der Waals surface area contributed by atoms with Crippen LogP contribution < -0.4 is 14.8 Å². The molecule has 2 heterocycles. The number of methoxy groups -OCH3 is 2. The van der Waals surface area contributed by atoms with Crippen LogP contribution in [0.3, 0.4) is 0 Å². The zero-order valence-electron chi connectivity index (χ0n) is 19.0. The molecule has 33 heavy (non-hydrogen) atoms. The van der Waals surface area contributed by atoms with E-state index in [1.165, 1.54) is 11.1 Å². The van der Waals surface area contributed by atoms with E-state index in [0.29, 0.717) is 6.54 Å². The van der Waals surface area contributed by atoms with E-state index in [9.17, 15) is 4.79 Å². The molecule has 1 aliphatic heterocycles. The molecule has 4 aromatic rings. The molecule has 0 aliphatic carbocycles. The van der Waals surface area contributed by atoms with Crippen LogP contribution in [-0.4, -0.2) is 36.7 Å². The molecule has 0 fully saturated rings. The molecule has 2 amide bonds. The monoisotopic (exact) mass is 441 g/mol. The van der Waals surface area contributed by atoms with Crippen LogP contribution in [-0.2, 0) is 6.42 Å². The van der Waals surface area contributed by atoms with Crippen molar-refractivity contribution in [2.75, 3.05) is 26.1 Å². The molecule has 1 atom stereocenters. The summed E-state index contributed by atoms with van der Waals surface area (Å²) in [6.45, 7) is 2.68. The lowest BCUT2D eigenvalue weighted by Gasteiger charge is -2.36. The predicted molar refractivity (Wildman–Crippen MR) is 130 cm³/mol. The van der Waals surface area contributed by atoms with Crippen molar-refractivity contribution in [1.29, 1.82) is 0 Å². The van der Waals surface area contributed by atoms with Gasteiger partial charge in [0.15, 0.2) is 0 Å². The first-order valence-electron chi connectivity index (χ1n) is 11.0. The van der Waals surface area contributed by atoms with Gasteiger partial charge in [-0.15, -0.1) is 0 Å². The van der Waals surface area contributed by atoms with Crippen LogP contribution in [0.2, 0.25) is 0 Å². The summed E-state index contributed by atoms with van der Waals surface area (Å²) in [7, 11) is 3.31. The number of aromatic amines is 1. The lowest BCUT2D eigenvalue weighted by Crippen LogP contribution is -2.43. The number of anilines is 1. The third kappa shape index (κ3) is 3.89. The minimum absolute atomic E-state index is 0.132. The molecule has 0 radical (unpaired) electrons. The molecule has 0 bridgehead atoms. The highest BCUT2D eigenvalue weighted by molar-refractivity contribution is 5.92. The summed E-state index contributed by atoms with van der Waals surface area (Å²) in [5, 5.41) is 4.20. The topological polar surface area (TPSA) is 66.6 Å². The van der Waals surface area contributed by atoms with E-state index >= 15 is 0 Å². The van der Waals surface area contributed by atoms with Gasteiger partial charge in [-0.2, -0.15) is 0 Å². The fourth-order valence-corrected chi connectivity index (χ4v) is 4.58. The lowest BCUT2D eigenvalue weighted by atomic mass is 9.92. The van der Waals surface area contributed by atoms with Crippen molar-refractivity contribution in [1.82, 2.24) is 9.88 Å². The van der Waals surface area contributed by atoms with Crippen LogP contribution in [0.25, 0.3) is 10.9 Å². The number of fused-ring (bicyclic) bond motifs is 3. The number of H-pyrrole nitrogens is 1. The molecular formula is C27H27N3O3. The van der Waals surface area contributed by atoms with Crippen LogP contribution in [0.4, 0.5) is 10.5 Å². The zero-order chi connectivity index (χ0) is 22.9. The number of nitrogens with zero attached hydrogens (tertiary/aromatic N) is 1. The molecule has 2 N–H and O–H groups in total. The standard InChI is InChI=1S/C27H27N3O3/c1-17-4-6-18(7-5-17)26-25-22(23-16-21(33-3)12-13-24(23)29-25)14-15-30(26)27(31)28-19-8-10-20(32-2)11-9-19/h4-13,16,26,29H,14-15H2,1-3H3,(H,28,31). The maximum Gasteiger partial charge on any atom is 0.322 e. The first-order chi connectivity index (χ1) is 16.1.